The van der Waals surface area contributed by atoms with Crippen LogP contribution in [-0.4, -0.2) is 11.1 Å². The summed E-state index contributed by atoms with van der Waals surface area (Å²) in [6, 6.07) is 2.20. The van der Waals surface area contributed by atoms with Gasteiger partial charge in [-0.15, -0.1) is 0 Å². The van der Waals surface area contributed by atoms with Crippen LogP contribution in [0.3, 0.4) is 0 Å². The minimum Gasteiger partial charge on any atom is -0.508 e. The average Bonchev–Trinajstić information content (AvgIpc) is 2.16. The summed E-state index contributed by atoms with van der Waals surface area (Å²) < 4.78 is 0. The molecule has 2 nitrogen and oxygen atoms in total. The van der Waals surface area contributed by atoms with Crippen molar-refractivity contribution in [3.8, 4) is 5.75 Å². The monoisotopic (exact) mass is 191 g/mol. The summed E-state index contributed by atoms with van der Waals surface area (Å²) in [7, 11) is 0. The maximum Gasteiger partial charge on any atom is 0.119 e. The summed E-state index contributed by atoms with van der Waals surface area (Å²) in [5.74, 6) is 0.428. The van der Waals surface area contributed by atoms with Crippen LogP contribution in [0.4, 0.5) is 0 Å². The third-order valence-electron chi connectivity index (χ3n) is 3.35. The number of aromatic hydroxyl groups is 1. The zero-order valence-corrected chi connectivity index (χ0v) is 8.80. The van der Waals surface area contributed by atoms with Crippen LogP contribution in [0.25, 0.3) is 0 Å². The molecule has 76 valence electrons. The van der Waals surface area contributed by atoms with Gasteiger partial charge >= 0.3 is 0 Å². The second-order valence-electron chi connectivity index (χ2n) is 4.29. The number of fused-ring (bicyclic) bond motifs is 1. The molecule has 0 aliphatic heterocycles. The van der Waals surface area contributed by atoms with E-state index in [1.165, 1.54) is 16.7 Å². The van der Waals surface area contributed by atoms with E-state index >= 15 is 0 Å². The molecule has 0 saturated carbocycles. The van der Waals surface area contributed by atoms with E-state index in [1.54, 1.807) is 0 Å². The predicted octanol–water partition coefficient (Wildman–Crippen LogP) is 1.83. The molecule has 1 aromatic rings. The fraction of sp³-hybridized carbons (Fsp3) is 0.500. The predicted molar refractivity (Wildman–Crippen MR) is 57.6 cm³/mol. The Bertz CT molecular complexity index is 371. The molecule has 0 saturated heterocycles. The van der Waals surface area contributed by atoms with E-state index in [4.69, 9.17) is 5.73 Å². The lowest BCUT2D eigenvalue weighted by Gasteiger charge is -2.24. The lowest BCUT2D eigenvalue weighted by Crippen LogP contribution is -2.28. The largest absolute Gasteiger partial charge is 0.508 e. The first-order valence-electron chi connectivity index (χ1n) is 5.16. The summed E-state index contributed by atoms with van der Waals surface area (Å²) in [6.07, 6.45) is 3.00. The Morgan fingerprint density at radius 2 is 2.07 bits per heavy atom. The van der Waals surface area contributed by atoms with Crippen molar-refractivity contribution in [2.45, 2.75) is 39.2 Å². The molecule has 0 aromatic heterocycles. The van der Waals surface area contributed by atoms with Crippen molar-refractivity contribution in [3.63, 3.8) is 0 Å². The molecule has 0 fully saturated rings. The maximum atomic E-state index is 9.69. The topological polar surface area (TPSA) is 46.2 Å². The maximum absolute atomic E-state index is 9.69. The van der Waals surface area contributed by atoms with E-state index in [1.807, 2.05) is 13.0 Å². The number of nitrogens with two attached hydrogens (primary N) is 1. The minimum atomic E-state index is 0.296. The van der Waals surface area contributed by atoms with Crippen molar-refractivity contribution in [1.29, 1.82) is 0 Å². The zero-order chi connectivity index (χ0) is 10.3. The minimum absolute atomic E-state index is 0.296. The zero-order valence-electron chi connectivity index (χ0n) is 8.80. The van der Waals surface area contributed by atoms with E-state index in [2.05, 4.69) is 6.92 Å². The lowest BCUT2D eigenvalue weighted by atomic mass is 9.84. The average molecular weight is 191 g/mol. The molecule has 1 aliphatic carbocycles. The van der Waals surface area contributed by atoms with Gasteiger partial charge in [0.1, 0.15) is 5.75 Å². The Morgan fingerprint density at radius 3 is 2.79 bits per heavy atom. The number of benzene rings is 1. The van der Waals surface area contributed by atoms with Crippen molar-refractivity contribution in [2.75, 3.05) is 0 Å². The smallest absolute Gasteiger partial charge is 0.119 e. The first-order chi connectivity index (χ1) is 6.59. The summed E-state index contributed by atoms with van der Waals surface area (Å²) in [4.78, 5) is 0. The molecule has 1 aliphatic rings. The molecule has 0 bridgehead atoms. The summed E-state index contributed by atoms with van der Waals surface area (Å²) in [5.41, 5.74) is 10.8. The van der Waals surface area contributed by atoms with E-state index < -0.39 is 0 Å². The highest BCUT2D eigenvalue weighted by Gasteiger charge is 2.19. The van der Waals surface area contributed by atoms with Gasteiger partial charge in [-0.3, -0.25) is 0 Å². The van der Waals surface area contributed by atoms with E-state index in [9.17, 15) is 5.11 Å². The van der Waals surface area contributed by atoms with Gasteiger partial charge in [0.05, 0.1) is 0 Å². The van der Waals surface area contributed by atoms with Gasteiger partial charge in [-0.25, -0.2) is 0 Å². The Balaban J connectivity index is 2.55. The number of phenols is 1. The highest BCUT2D eigenvalue weighted by Crippen LogP contribution is 2.31. The fourth-order valence-electron chi connectivity index (χ4n) is 2.23. The van der Waals surface area contributed by atoms with Crippen LogP contribution in [0.1, 0.15) is 28.7 Å². The number of hydrogen-bond acceptors (Lipinski definition) is 2. The first kappa shape index (κ1) is 9.53. The SMILES string of the molecule is Cc1c(O)cc2c(c1C)CC(N)CC2. The molecular formula is C12H17NO. The Hall–Kier alpha value is -1.02. The third kappa shape index (κ3) is 1.40. The molecule has 1 aromatic carbocycles. The lowest BCUT2D eigenvalue weighted by molar-refractivity contribution is 0.466. The Morgan fingerprint density at radius 1 is 1.36 bits per heavy atom. The van der Waals surface area contributed by atoms with Crippen molar-refractivity contribution in [3.05, 3.63) is 28.3 Å². The van der Waals surface area contributed by atoms with E-state index in [0.717, 1.165) is 24.8 Å². The highest BCUT2D eigenvalue weighted by atomic mass is 16.3. The van der Waals surface area contributed by atoms with E-state index in [-0.39, 0.29) is 0 Å². The van der Waals surface area contributed by atoms with Crippen LogP contribution in [0.2, 0.25) is 0 Å². The quantitative estimate of drug-likeness (QED) is 0.657. The Labute approximate surface area is 84.7 Å². The van der Waals surface area contributed by atoms with Gasteiger partial charge in [0, 0.05) is 6.04 Å². The molecule has 1 atom stereocenters. The molecular weight excluding hydrogens is 174 g/mol. The first-order valence-corrected chi connectivity index (χ1v) is 5.16. The van der Waals surface area contributed by atoms with Crippen molar-refractivity contribution in [1.82, 2.24) is 0 Å². The number of rotatable bonds is 0. The molecule has 2 rings (SSSR count). The fourth-order valence-corrected chi connectivity index (χ4v) is 2.23. The number of aryl methyl sites for hydroxylation is 1. The molecule has 1 unspecified atom stereocenters. The van der Waals surface area contributed by atoms with Gasteiger partial charge in [-0.2, -0.15) is 0 Å². The van der Waals surface area contributed by atoms with Gasteiger partial charge in [0.25, 0.3) is 0 Å². The van der Waals surface area contributed by atoms with Crippen LogP contribution in [0.15, 0.2) is 6.07 Å². The molecule has 0 radical (unpaired) electrons. The highest BCUT2D eigenvalue weighted by molar-refractivity contribution is 5.49. The van der Waals surface area contributed by atoms with Crippen LogP contribution < -0.4 is 5.73 Å². The van der Waals surface area contributed by atoms with Crippen molar-refractivity contribution in [2.24, 2.45) is 5.73 Å². The molecule has 14 heavy (non-hydrogen) atoms. The van der Waals surface area contributed by atoms with Gasteiger partial charge < -0.3 is 10.8 Å². The van der Waals surface area contributed by atoms with Crippen LogP contribution in [-0.2, 0) is 12.8 Å². The van der Waals surface area contributed by atoms with Crippen molar-refractivity contribution >= 4 is 0 Å². The molecule has 3 N–H and O–H groups in total. The molecule has 2 heteroatoms. The van der Waals surface area contributed by atoms with Crippen LogP contribution >= 0.6 is 0 Å². The number of phenolic OH excluding ortho intramolecular Hbond substituents is 1. The van der Waals surface area contributed by atoms with Crippen molar-refractivity contribution < 1.29 is 5.11 Å². The van der Waals surface area contributed by atoms with Gasteiger partial charge in [-0.05, 0) is 61.4 Å². The van der Waals surface area contributed by atoms with E-state index in [0.29, 0.717) is 11.8 Å². The summed E-state index contributed by atoms with van der Waals surface area (Å²) >= 11 is 0. The standard InChI is InChI=1S/C12H17NO/c1-7-8(2)12(14)5-9-3-4-10(13)6-11(7)9/h5,10,14H,3-4,6,13H2,1-2H3. The van der Waals surface area contributed by atoms with Gasteiger partial charge in [-0.1, -0.05) is 0 Å². The number of hydrogen-bond donors (Lipinski definition) is 2. The summed E-state index contributed by atoms with van der Waals surface area (Å²) in [5, 5.41) is 9.69. The summed E-state index contributed by atoms with van der Waals surface area (Å²) in [6.45, 7) is 4.04. The molecule has 0 amide bonds. The third-order valence-corrected chi connectivity index (χ3v) is 3.35. The normalized spacial score (nSPS) is 20.6. The molecule has 0 heterocycles. The second kappa shape index (κ2) is 3.28. The van der Waals surface area contributed by atoms with Crippen LogP contribution in [0.5, 0.6) is 5.75 Å². The van der Waals surface area contributed by atoms with Gasteiger partial charge in [0.2, 0.25) is 0 Å². The second-order valence-corrected chi connectivity index (χ2v) is 4.29. The molecule has 0 spiro atoms. The Kier molecular flexibility index (Phi) is 2.23. The van der Waals surface area contributed by atoms with Gasteiger partial charge in [0.15, 0.2) is 0 Å². The van der Waals surface area contributed by atoms with Crippen LogP contribution in [0, 0.1) is 13.8 Å².